The van der Waals surface area contributed by atoms with E-state index in [1.807, 2.05) is 0 Å². The molecule has 1 aromatic rings. The van der Waals surface area contributed by atoms with Gasteiger partial charge in [0.2, 0.25) is 6.79 Å². The van der Waals surface area contributed by atoms with Crippen molar-refractivity contribution in [2.45, 2.75) is 18.9 Å². The Morgan fingerprint density at radius 3 is 2.84 bits per heavy atom. The molecule has 2 aliphatic rings. The van der Waals surface area contributed by atoms with Gasteiger partial charge in [-0.2, -0.15) is 0 Å². The summed E-state index contributed by atoms with van der Waals surface area (Å²) in [6.45, 7) is -0.461. The number of carbonyl (C=O) groups excluding carboxylic acids is 3. The first-order valence-electron chi connectivity index (χ1n) is 7.55. The summed E-state index contributed by atoms with van der Waals surface area (Å²) in [6.07, 6.45) is 4.43. The molecule has 1 heterocycles. The van der Waals surface area contributed by atoms with Gasteiger partial charge in [-0.15, -0.1) is 0 Å². The Labute approximate surface area is 148 Å². The minimum Gasteiger partial charge on any atom is -0.454 e. The molecule has 9 heteroatoms. The molecule has 3 rings (SSSR count). The van der Waals surface area contributed by atoms with E-state index in [1.165, 1.54) is 6.08 Å². The third-order valence-electron chi connectivity index (χ3n) is 3.37. The van der Waals surface area contributed by atoms with E-state index in [4.69, 9.17) is 25.8 Å². The number of benzene rings is 1. The van der Waals surface area contributed by atoms with Crippen LogP contribution in [0.3, 0.4) is 0 Å². The molecule has 1 fully saturated rings. The van der Waals surface area contributed by atoms with Crippen LogP contribution < -0.4 is 20.1 Å². The van der Waals surface area contributed by atoms with Crippen molar-refractivity contribution in [3.8, 4) is 11.5 Å². The maximum Gasteiger partial charge on any atom is 0.331 e. The zero-order chi connectivity index (χ0) is 17.8. The van der Waals surface area contributed by atoms with Crippen molar-refractivity contribution in [1.29, 1.82) is 0 Å². The smallest absolute Gasteiger partial charge is 0.331 e. The Hall–Kier alpha value is -2.74. The van der Waals surface area contributed by atoms with E-state index in [2.05, 4.69) is 10.6 Å². The Kier molecular flexibility index (Phi) is 5.08. The number of hydrogen-bond acceptors (Lipinski definition) is 6. The molecule has 1 saturated carbocycles. The Balaban J connectivity index is 1.45. The third-order valence-corrected chi connectivity index (χ3v) is 3.65. The molecule has 0 unspecified atom stereocenters. The van der Waals surface area contributed by atoms with Gasteiger partial charge in [-0.05, 0) is 36.6 Å². The van der Waals surface area contributed by atoms with Gasteiger partial charge < -0.3 is 19.5 Å². The predicted octanol–water partition coefficient (Wildman–Crippen LogP) is 1.61. The molecule has 0 atom stereocenters. The molecule has 0 aromatic heterocycles. The van der Waals surface area contributed by atoms with Crippen molar-refractivity contribution < 1.29 is 28.6 Å². The van der Waals surface area contributed by atoms with Crippen molar-refractivity contribution in [3.63, 3.8) is 0 Å². The second-order valence-electron chi connectivity index (χ2n) is 5.47. The van der Waals surface area contributed by atoms with E-state index in [-0.39, 0.29) is 12.8 Å². The summed E-state index contributed by atoms with van der Waals surface area (Å²) in [5, 5.41) is 5.03. The number of nitrogens with one attached hydrogen (secondary N) is 2. The van der Waals surface area contributed by atoms with Crippen LogP contribution in [0.1, 0.15) is 18.4 Å². The molecular formula is C16H15ClN2O6. The van der Waals surface area contributed by atoms with Gasteiger partial charge in [-0.25, -0.2) is 9.59 Å². The number of hydrogen-bond donors (Lipinski definition) is 2. The van der Waals surface area contributed by atoms with E-state index in [1.54, 1.807) is 12.1 Å². The zero-order valence-corrected chi connectivity index (χ0v) is 13.8. The average Bonchev–Trinajstić information content (AvgIpc) is 3.23. The van der Waals surface area contributed by atoms with Gasteiger partial charge in [0.05, 0.1) is 5.02 Å². The van der Waals surface area contributed by atoms with Crippen molar-refractivity contribution in [3.05, 3.63) is 28.8 Å². The summed E-state index contributed by atoms with van der Waals surface area (Å²) in [5.41, 5.74) is 0.611. The molecule has 25 heavy (non-hydrogen) atoms. The van der Waals surface area contributed by atoms with E-state index in [9.17, 15) is 14.4 Å². The van der Waals surface area contributed by atoms with Crippen LogP contribution in [0, 0.1) is 0 Å². The molecular weight excluding hydrogens is 352 g/mol. The number of ether oxygens (including phenoxy) is 3. The lowest BCUT2D eigenvalue weighted by Crippen LogP contribution is -2.42. The highest BCUT2D eigenvalue weighted by atomic mass is 35.5. The van der Waals surface area contributed by atoms with Crippen LogP contribution >= 0.6 is 11.6 Å². The highest BCUT2D eigenvalue weighted by Gasteiger charge is 2.24. The summed E-state index contributed by atoms with van der Waals surface area (Å²) >= 11 is 6.04. The molecule has 8 nitrogen and oxygen atoms in total. The second kappa shape index (κ2) is 7.43. The Morgan fingerprint density at radius 2 is 2.08 bits per heavy atom. The first-order valence-corrected chi connectivity index (χ1v) is 7.93. The molecule has 132 valence electrons. The van der Waals surface area contributed by atoms with Crippen molar-refractivity contribution in [2.24, 2.45) is 0 Å². The lowest BCUT2D eigenvalue weighted by atomic mass is 10.2. The normalized spacial score (nSPS) is 15.1. The van der Waals surface area contributed by atoms with Gasteiger partial charge in [0.25, 0.3) is 5.91 Å². The number of esters is 1. The Morgan fingerprint density at radius 1 is 1.28 bits per heavy atom. The van der Waals surface area contributed by atoms with Crippen LogP contribution in [0.4, 0.5) is 4.79 Å². The predicted molar refractivity (Wildman–Crippen MR) is 87.3 cm³/mol. The molecule has 1 aliphatic heterocycles. The van der Waals surface area contributed by atoms with Crippen LogP contribution in [0.25, 0.3) is 6.08 Å². The van der Waals surface area contributed by atoms with Crippen molar-refractivity contribution in [1.82, 2.24) is 10.6 Å². The number of rotatable bonds is 5. The second-order valence-corrected chi connectivity index (χ2v) is 5.88. The van der Waals surface area contributed by atoms with Crippen LogP contribution in [-0.2, 0) is 14.3 Å². The standard InChI is InChI=1S/C16H15ClN2O6/c17-11-5-9(6-12-15(11)25-8-24-12)1-4-14(21)23-7-13(20)19-16(22)18-10-2-3-10/h1,4-6,10H,2-3,7-8H2,(H2,18,19,20,22)/b4-1+. The van der Waals surface area contributed by atoms with Crippen LogP contribution in [-0.4, -0.2) is 37.3 Å². The lowest BCUT2D eigenvalue weighted by Gasteiger charge is -2.05. The van der Waals surface area contributed by atoms with Gasteiger partial charge in [0, 0.05) is 12.1 Å². The first-order chi connectivity index (χ1) is 12.0. The van der Waals surface area contributed by atoms with E-state index >= 15 is 0 Å². The van der Waals surface area contributed by atoms with E-state index in [0.717, 1.165) is 18.9 Å². The van der Waals surface area contributed by atoms with E-state index < -0.39 is 24.5 Å². The number of halogens is 1. The molecule has 0 radical (unpaired) electrons. The van der Waals surface area contributed by atoms with Crippen molar-refractivity contribution >= 4 is 35.6 Å². The summed E-state index contributed by atoms with van der Waals surface area (Å²) in [4.78, 5) is 34.5. The molecule has 1 aromatic carbocycles. The highest BCUT2D eigenvalue weighted by molar-refractivity contribution is 6.32. The largest absolute Gasteiger partial charge is 0.454 e. The first kappa shape index (κ1) is 17.1. The third kappa shape index (κ3) is 4.87. The van der Waals surface area contributed by atoms with Gasteiger partial charge in [-0.3, -0.25) is 10.1 Å². The maximum absolute atomic E-state index is 11.6. The van der Waals surface area contributed by atoms with Crippen LogP contribution in [0.2, 0.25) is 5.02 Å². The molecule has 2 N–H and O–H groups in total. The average molecular weight is 367 g/mol. The molecule has 3 amide bonds. The zero-order valence-electron chi connectivity index (χ0n) is 13.0. The van der Waals surface area contributed by atoms with Gasteiger partial charge in [0.15, 0.2) is 18.1 Å². The van der Waals surface area contributed by atoms with Crippen molar-refractivity contribution in [2.75, 3.05) is 13.4 Å². The number of fused-ring (bicyclic) bond motifs is 1. The summed E-state index contributed by atoms with van der Waals surface area (Å²) < 4.78 is 15.2. The van der Waals surface area contributed by atoms with E-state index in [0.29, 0.717) is 22.1 Å². The minimum absolute atomic E-state index is 0.0910. The summed E-state index contributed by atoms with van der Waals surface area (Å²) in [6, 6.07) is 2.81. The molecule has 0 saturated heterocycles. The maximum atomic E-state index is 11.6. The fraction of sp³-hybridized carbons (Fsp3) is 0.312. The Bertz CT molecular complexity index is 744. The highest BCUT2D eigenvalue weighted by Crippen LogP contribution is 2.40. The summed E-state index contributed by atoms with van der Waals surface area (Å²) in [5.74, 6) is -0.485. The van der Waals surface area contributed by atoms with Crippen LogP contribution in [0.5, 0.6) is 11.5 Å². The summed E-state index contributed by atoms with van der Waals surface area (Å²) in [7, 11) is 0. The number of carbonyl (C=O) groups is 3. The van der Waals surface area contributed by atoms with Gasteiger partial charge in [-0.1, -0.05) is 11.6 Å². The fourth-order valence-electron chi connectivity index (χ4n) is 2.04. The van der Waals surface area contributed by atoms with Gasteiger partial charge in [0.1, 0.15) is 0 Å². The SMILES string of the molecule is O=C(COC(=O)/C=C/c1cc(Cl)c2c(c1)OCO2)NC(=O)NC1CC1. The molecule has 1 aliphatic carbocycles. The molecule has 0 bridgehead atoms. The topological polar surface area (TPSA) is 103 Å². The fourth-order valence-corrected chi connectivity index (χ4v) is 2.32. The monoisotopic (exact) mass is 366 g/mol. The van der Waals surface area contributed by atoms with Crippen LogP contribution in [0.15, 0.2) is 18.2 Å². The number of urea groups is 1. The van der Waals surface area contributed by atoms with Gasteiger partial charge >= 0.3 is 12.0 Å². The lowest BCUT2D eigenvalue weighted by molar-refractivity contribution is -0.143. The number of amides is 3. The minimum atomic E-state index is -0.730. The quantitative estimate of drug-likeness (QED) is 0.606. The molecule has 0 spiro atoms. The number of imide groups is 1.